The van der Waals surface area contributed by atoms with Crippen molar-refractivity contribution in [1.82, 2.24) is 10.5 Å². The van der Waals surface area contributed by atoms with Gasteiger partial charge in [-0.1, -0.05) is 11.6 Å². The summed E-state index contributed by atoms with van der Waals surface area (Å²) in [6.07, 6.45) is -0.580. The predicted octanol–water partition coefficient (Wildman–Crippen LogP) is 2.71. The molecule has 0 radical (unpaired) electrons. The van der Waals surface area contributed by atoms with Crippen LogP contribution in [0.3, 0.4) is 0 Å². The molecule has 7 nitrogen and oxygen atoms in total. The molecule has 0 bridgehead atoms. The lowest BCUT2D eigenvalue weighted by molar-refractivity contribution is -0.165. The van der Waals surface area contributed by atoms with Gasteiger partial charge in [0, 0.05) is 5.02 Å². The first kappa shape index (κ1) is 17.4. The van der Waals surface area contributed by atoms with Crippen molar-refractivity contribution in [3.8, 4) is 0 Å². The summed E-state index contributed by atoms with van der Waals surface area (Å²) in [5, 5.41) is 1.82. The predicted molar refractivity (Wildman–Crippen MR) is 85.5 cm³/mol. The number of nitrogens with zero attached hydrogens (tertiary/aromatic N) is 1. The SMILES string of the molecule is CCOC(=O)NNc1ccc(Cl)c(CN2OCC(C)(C)C2=O)c1. The normalized spacial score (nSPS) is 16.3. The van der Waals surface area contributed by atoms with Crippen molar-refractivity contribution in [3.05, 3.63) is 28.8 Å². The third kappa shape index (κ3) is 4.27. The summed E-state index contributed by atoms with van der Waals surface area (Å²) in [7, 11) is 0. The number of hydrogen-bond donors (Lipinski definition) is 2. The van der Waals surface area contributed by atoms with Gasteiger partial charge in [0.15, 0.2) is 0 Å². The molecule has 1 saturated heterocycles. The van der Waals surface area contributed by atoms with Gasteiger partial charge in [-0.2, -0.15) is 0 Å². The Labute approximate surface area is 139 Å². The van der Waals surface area contributed by atoms with Gasteiger partial charge in [-0.15, -0.1) is 0 Å². The first-order valence-corrected chi connectivity index (χ1v) is 7.63. The van der Waals surface area contributed by atoms with Crippen LogP contribution in [0, 0.1) is 5.41 Å². The number of anilines is 1. The van der Waals surface area contributed by atoms with Crippen LogP contribution in [-0.4, -0.2) is 30.3 Å². The Hall–Kier alpha value is -1.99. The minimum atomic E-state index is -0.580. The van der Waals surface area contributed by atoms with E-state index < -0.39 is 11.5 Å². The van der Waals surface area contributed by atoms with E-state index in [1.165, 1.54) is 5.06 Å². The van der Waals surface area contributed by atoms with E-state index in [0.29, 0.717) is 22.9 Å². The molecule has 1 aromatic rings. The quantitative estimate of drug-likeness (QED) is 0.805. The maximum absolute atomic E-state index is 12.2. The van der Waals surface area contributed by atoms with Gasteiger partial charge in [-0.3, -0.25) is 15.1 Å². The highest BCUT2D eigenvalue weighted by Crippen LogP contribution is 2.30. The fourth-order valence-corrected chi connectivity index (χ4v) is 2.21. The Morgan fingerprint density at radius 2 is 2.22 bits per heavy atom. The highest BCUT2D eigenvalue weighted by molar-refractivity contribution is 6.31. The minimum absolute atomic E-state index is 0.0865. The summed E-state index contributed by atoms with van der Waals surface area (Å²) >= 11 is 6.17. The second kappa shape index (κ2) is 7.06. The molecular formula is C15H20ClN3O4. The Morgan fingerprint density at radius 3 is 2.83 bits per heavy atom. The van der Waals surface area contributed by atoms with Gasteiger partial charge < -0.3 is 4.74 Å². The average molecular weight is 342 g/mol. The number of ether oxygens (including phenoxy) is 1. The van der Waals surface area contributed by atoms with Crippen molar-refractivity contribution >= 4 is 29.3 Å². The zero-order valence-corrected chi connectivity index (χ0v) is 14.1. The molecule has 2 rings (SSSR count). The topological polar surface area (TPSA) is 79.9 Å². The van der Waals surface area contributed by atoms with E-state index in [9.17, 15) is 9.59 Å². The highest BCUT2D eigenvalue weighted by atomic mass is 35.5. The third-order valence-corrected chi connectivity index (χ3v) is 3.70. The lowest BCUT2D eigenvalue weighted by Gasteiger charge is -2.18. The van der Waals surface area contributed by atoms with Crippen LogP contribution in [0.1, 0.15) is 26.3 Å². The highest BCUT2D eigenvalue weighted by Gasteiger charge is 2.40. The number of hydrogen-bond acceptors (Lipinski definition) is 5. The van der Waals surface area contributed by atoms with E-state index in [0.717, 1.165) is 0 Å². The van der Waals surface area contributed by atoms with Crippen LogP contribution in [-0.2, 0) is 20.9 Å². The molecular weight excluding hydrogens is 322 g/mol. The van der Waals surface area contributed by atoms with Crippen LogP contribution in [0.2, 0.25) is 5.02 Å². The molecule has 1 aliphatic rings. The van der Waals surface area contributed by atoms with E-state index in [1.807, 2.05) is 13.8 Å². The van der Waals surface area contributed by atoms with Crippen LogP contribution >= 0.6 is 11.6 Å². The lowest BCUT2D eigenvalue weighted by Crippen LogP contribution is -2.31. The van der Waals surface area contributed by atoms with Gasteiger partial charge in [-0.05, 0) is 44.5 Å². The van der Waals surface area contributed by atoms with E-state index in [1.54, 1.807) is 25.1 Å². The third-order valence-electron chi connectivity index (χ3n) is 3.33. The van der Waals surface area contributed by atoms with E-state index in [2.05, 4.69) is 10.9 Å². The molecule has 2 N–H and O–H groups in total. The summed E-state index contributed by atoms with van der Waals surface area (Å²) in [5.41, 5.74) is 5.90. The van der Waals surface area contributed by atoms with Crippen LogP contribution in [0.5, 0.6) is 0 Å². The summed E-state index contributed by atoms with van der Waals surface area (Å²) < 4.78 is 4.75. The second-order valence-electron chi connectivity index (χ2n) is 5.78. The van der Waals surface area contributed by atoms with Crippen molar-refractivity contribution in [2.24, 2.45) is 5.41 Å². The number of carbonyl (C=O) groups is 2. The molecule has 1 aromatic carbocycles. The molecule has 0 aromatic heterocycles. The number of amides is 2. The van der Waals surface area contributed by atoms with Gasteiger partial charge in [0.05, 0.1) is 30.9 Å². The van der Waals surface area contributed by atoms with Crippen molar-refractivity contribution in [1.29, 1.82) is 0 Å². The van der Waals surface area contributed by atoms with Crippen LogP contribution in [0.4, 0.5) is 10.5 Å². The first-order chi connectivity index (χ1) is 10.8. The number of rotatable bonds is 5. The first-order valence-electron chi connectivity index (χ1n) is 7.25. The maximum Gasteiger partial charge on any atom is 0.425 e. The van der Waals surface area contributed by atoms with Crippen LogP contribution in [0.15, 0.2) is 18.2 Å². The number of nitrogens with one attached hydrogen (secondary N) is 2. The average Bonchev–Trinajstić information content (AvgIpc) is 2.75. The smallest absolute Gasteiger partial charge is 0.425 e. The van der Waals surface area contributed by atoms with Crippen molar-refractivity contribution in [2.45, 2.75) is 27.3 Å². The molecule has 0 atom stereocenters. The summed E-state index contributed by atoms with van der Waals surface area (Å²) in [6, 6.07) is 5.11. The largest absolute Gasteiger partial charge is 0.449 e. The molecule has 0 aliphatic carbocycles. The molecule has 0 spiro atoms. The van der Waals surface area contributed by atoms with Gasteiger partial charge in [0.1, 0.15) is 0 Å². The molecule has 1 aliphatic heterocycles. The summed E-state index contributed by atoms with van der Waals surface area (Å²) in [4.78, 5) is 28.9. The maximum atomic E-state index is 12.2. The number of benzene rings is 1. The molecule has 0 unspecified atom stereocenters. The van der Waals surface area contributed by atoms with E-state index in [4.69, 9.17) is 21.2 Å². The zero-order chi connectivity index (χ0) is 17.0. The van der Waals surface area contributed by atoms with Crippen molar-refractivity contribution < 1.29 is 19.2 Å². The lowest BCUT2D eigenvalue weighted by atomic mass is 9.95. The van der Waals surface area contributed by atoms with Gasteiger partial charge >= 0.3 is 6.09 Å². The number of hydrazine groups is 1. The number of halogens is 1. The Bertz CT molecular complexity index is 606. The summed E-state index contributed by atoms with van der Waals surface area (Å²) in [6.45, 7) is 6.23. The molecule has 2 amide bonds. The molecule has 0 saturated carbocycles. The van der Waals surface area contributed by atoms with Crippen LogP contribution < -0.4 is 10.9 Å². The van der Waals surface area contributed by atoms with Crippen molar-refractivity contribution in [3.63, 3.8) is 0 Å². The van der Waals surface area contributed by atoms with Crippen LogP contribution in [0.25, 0.3) is 0 Å². The molecule has 1 fully saturated rings. The Balaban J connectivity index is 2.03. The number of hydroxylamine groups is 2. The van der Waals surface area contributed by atoms with Gasteiger partial charge in [0.25, 0.3) is 5.91 Å². The molecule has 8 heteroatoms. The fraction of sp³-hybridized carbons (Fsp3) is 0.467. The Kier molecular flexibility index (Phi) is 5.33. The summed E-state index contributed by atoms with van der Waals surface area (Å²) in [5.74, 6) is -0.0865. The van der Waals surface area contributed by atoms with Gasteiger partial charge in [0.2, 0.25) is 0 Å². The number of carbonyl (C=O) groups excluding carboxylic acids is 2. The Morgan fingerprint density at radius 1 is 1.48 bits per heavy atom. The van der Waals surface area contributed by atoms with E-state index >= 15 is 0 Å². The second-order valence-corrected chi connectivity index (χ2v) is 6.18. The van der Waals surface area contributed by atoms with Crippen molar-refractivity contribution in [2.75, 3.05) is 18.6 Å². The standard InChI is InChI=1S/C15H20ClN3O4/c1-4-22-14(21)18-17-11-5-6-12(16)10(7-11)8-19-13(20)15(2,3)9-23-19/h5-7,17H,4,8-9H2,1-3H3,(H,18,21). The molecule has 23 heavy (non-hydrogen) atoms. The zero-order valence-electron chi connectivity index (χ0n) is 13.3. The minimum Gasteiger partial charge on any atom is -0.449 e. The molecule has 126 valence electrons. The monoisotopic (exact) mass is 341 g/mol. The molecule has 1 heterocycles. The van der Waals surface area contributed by atoms with E-state index in [-0.39, 0.29) is 19.1 Å². The fourth-order valence-electron chi connectivity index (χ4n) is 2.03. The van der Waals surface area contributed by atoms with Gasteiger partial charge in [-0.25, -0.2) is 15.3 Å².